The third-order valence-electron chi connectivity index (χ3n) is 3.56. The second-order valence-electron chi connectivity index (χ2n) is 5.21. The van der Waals surface area contributed by atoms with Crippen molar-refractivity contribution in [1.82, 2.24) is 14.4 Å². The van der Waals surface area contributed by atoms with Crippen LogP contribution in [0.5, 0.6) is 0 Å². The highest BCUT2D eigenvalue weighted by atomic mass is 32.2. The number of para-hydroxylation sites is 1. The van der Waals surface area contributed by atoms with E-state index in [1.54, 1.807) is 39.8 Å². The van der Waals surface area contributed by atoms with E-state index in [0.29, 0.717) is 5.75 Å². The maximum absolute atomic E-state index is 12.2. The van der Waals surface area contributed by atoms with Gasteiger partial charge < -0.3 is 0 Å². The monoisotopic (exact) mass is 339 g/mol. The summed E-state index contributed by atoms with van der Waals surface area (Å²) in [6, 6.07) is 13.5. The van der Waals surface area contributed by atoms with Gasteiger partial charge in [0.2, 0.25) is 0 Å². The summed E-state index contributed by atoms with van der Waals surface area (Å²) in [5.74, 6) is 0.639. The number of aromatic nitrogens is 3. The van der Waals surface area contributed by atoms with Gasteiger partial charge >= 0.3 is 0 Å². The van der Waals surface area contributed by atoms with E-state index >= 15 is 0 Å². The molecule has 6 heteroatoms. The number of thiazole rings is 1. The smallest absolute Gasteiger partial charge is 0.258 e. The van der Waals surface area contributed by atoms with E-state index in [9.17, 15) is 4.79 Å². The van der Waals surface area contributed by atoms with Crippen molar-refractivity contribution in [3.05, 3.63) is 70.3 Å². The molecule has 4 aromatic rings. The summed E-state index contributed by atoms with van der Waals surface area (Å²) >= 11 is 3.29. The molecule has 4 rings (SSSR count). The van der Waals surface area contributed by atoms with Crippen molar-refractivity contribution in [2.45, 2.75) is 17.0 Å². The Morgan fingerprint density at radius 3 is 2.91 bits per heavy atom. The van der Waals surface area contributed by atoms with Crippen LogP contribution in [0.15, 0.2) is 57.8 Å². The van der Waals surface area contributed by atoms with Gasteiger partial charge in [0, 0.05) is 18.0 Å². The fourth-order valence-electron chi connectivity index (χ4n) is 2.43. The van der Waals surface area contributed by atoms with Gasteiger partial charge in [-0.2, -0.15) is 0 Å². The summed E-state index contributed by atoms with van der Waals surface area (Å²) in [5.41, 5.74) is 3.48. The fourth-order valence-corrected chi connectivity index (χ4v) is 4.39. The molecule has 0 radical (unpaired) electrons. The van der Waals surface area contributed by atoms with Gasteiger partial charge in [-0.3, -0.25) is 9.20 Å². The number of pyridine rings is 1. The summed E-state index contributed by atoms with van der Waals surface area (Å²) in [5, 5.41) is 0. The molecule has 0 atom stereocenters. The molecule has 23 heavy (non-hydrogen) atoms. The largest absolute Gasteiger partial charge is 0.269 e. The van der Waals surface area contributed by atoms with Crippen molar-refractivity contribution in [2.24, 2.45) is 0 Å². The molecular formula is C17H13N3OS2. The third-order valence-corrected chi connectivity index (χ3v) is 5.77. The maximum atomic E-state index is 12.2. The zero-order valence-corrected chi connectivity index (χ0v) is 14.0. The minimum atomic E-state index is -0.0430. The lowest BCUT2D eigenvalue weighted by atomic mass is 10.3. The second-order valence-corrected chi connectivity index (χ2v) is 7.46. The van der Waals surface area contributed by atoms with Gasteiger partial charge in [-0.15, -0.1) is 11.3 Å². The molecule has 0 amide bonds. The fraction of sp³-hybridized carbons (Fsp3) is 0.118. The van der Waals surface area contributed by atoms with E-state index in [0.717, 1.165) is 26.8 Å². The first-order valence-electron chi connectivity index (χ1n) is 7.17. The lowest BCUT2D eigenvalue weighted by molar-refractivity contribution is 1.00. The number of hydrogen-bond donors (Lipinski definition) is 0. The lowest BCUT2D eigenvalue weighted by Crippen LogP contribution is -2.15. The van der Waals surface area contributed by atoms with Crippen LogP contribution in [0.3, 0.4) is 0 Å². The molecule has 0 fully saturated rings. The van der Waals surface area contributed by atoms with E-state index < -0.39 is 0 Å². The molecule has 0 unspecified atom stereocenters. The topological polar surface area (TPSA) is 47.3 Å². The maximum Gasteiger partial charge on any atom is 0.258 e. The predicted octanol–water partition coefficient (Wildman–Crippen LogP) is 3.90. The first-order chi connectivity index (χ1) is 11.2. The third kappa shape index (κ3) is 2.75. The van der Waals surface area contributed by atoms with Crippen molar-refractivity contribution >= 4 is 39.0 Å². The van der Waals surface area contributed by atoms with Crippen molar-refractivity contribution in [1.29, 1.82) is 0 Å². The highest BCUT2D eigenvalue weighted by Crippen LogP contribution is 2.30. The zero-order valence-electron chi connectivity index (χ0n) is 12.4. The van der Waals surface area contributed by atoms with Crippen LogP contribution in [-0.2, 0) is 5.75 Å². The normalized spacial score (nSPS) is 11.3. The highest BCUT2D eigenvalue weighted by molar-refractivity contribution is 8.00. The van der Waals surface area contributed by atoms with Crippen LogP contribution >= 0.6 is 23.1 Å². The Hall–Kier alpha value is -2.18. The first kappa shape index (κ1) is 14.4. The molecular weight excluding hydrogens is 326 g/mol. The lowest BCUT2D eigenvalue weighted by Gasteiger charge is -2.05. The van der Waals surface area contributed by atoms with Gasteiger partial charge in [0.15, 0.2) is 4.34 Å². The predicted molar refractivity (Wildman–Crippen MR) is 95.4 cm³/mol. The number of hydrogen-bond acceptors (Lipinski definition) is 5. The molecule has 0 saturated heterocycles. The Kier molecular flexibility index (Phi) is 3.63. The molecule has 4 nitrogen and oxygen atoms in total. The van der Waals surface area contributed by atoms with Crippen LogP contribution in [0.1, 0.15) is 11.3 Å². The van der Waals surface area contributed by atoms with E-state index in [2.05, 4.69) is 16.0 Å². The molecule has 0 aliphatic heterocycles. The average Bonchev–Trinajstić information content (AvgIpc) is 2.97. The number of nitrogens with zero attached hydrogens (tertiary/aromatic N) is 3. The van der Waals surface area contributed by atoms with Gasteiger partial charge in [-0.05, 0) is 30.7 Å². The quantitative estimate of drug-likeness (QED) is 0.531. The van der Waals surface area contributed by atoms with Crippen LogP contribution in [0, 0.1) is 6.92 Å². The minimum Gasteiger partial charge on any atom is -0.269 e. The number of fused-ring (bicyclic) bond motifs is 2. The number of rotatable bonds is 3. The van der Waals surface area contributed by atoms with E-state index in [-0.39, 0.29) is 5.56 Å². The van der Waals surface area contributed by atoms with E-state index in [4.69, 9.17) is 0 Å². The number of benzene rings is 1. The van der Waals surface area contributed by atoms with Crippen LogP contribution in [0.4, 0.5) is 0 Å². The average molecular weight is 339 g/mol. The van der Waals surface area contributed by atoms with Gasteiger partial charge in [0.25, 0.3) is 5.56 Å². The van der Waals surface area contributed by atoms with Crippen molar-refractivity contribution < 1.29 is 0 Å². The van der Waals surface area contributed by atoms with Crippen molar-refractivity contribution in [2.75, 3.05) is 0 Å². The van der Waals surface area contributed by atoms with Crippen LogP contribution < -0.4 is 5.56 Å². The van der Waals surface area contributed by atoms with Crippen LogP contribution in [-0.4, -0.2) is 14.4 Å². The summed E-state index contributed by atoms with van der Waals surface area (Å²) in [6.07, 6.45) is 1.75. The minimum absolute atomic E-state index is 0.0430. The molecule has 3 aromatic heterocycles. The summed E-state index contributed by atoms with van der Waals surface area (Å²) in [7, 11) is 0. The zero-order chi connectivity index (χ0) is 15.8. The van der Waals surface area contributed by atoms with Crippen LogP contribution in [0.25, 0.3) is 15.9 Å². The summed E-state index contributed by atoms with van der Waals surface area (Å²) < 4.78 is 3.76. The van der Waals surface area contributed by atoms with Gasteiger partial charge in [0.05, 0.1) is 15.9 Å². The van der Waals surface area contributed by atoms with Crippen LogP contribution in [0.2, 0.25) is 0 Å². The Bertz CT molecular complexity index is 1040. The number of aryl methyl sites for hydroxylation is 1. The summed E-state index contributed by atoms with van der Waals surface area (Å²) in [6.45, 7) is 1.96. The molecule has 0 spiro atoms. The molecule has 0 N–H and O–H groups in total. The SMILES string of the molecule is Cc1cccn2c(=O)cc(CSc3nc4ccccc4s3)nc12. The van der Waals surface area contributed by atoms with Gasteiger partial charge in [0.1, 0.15) is 5.65 Å². The van der Waals surface area contributed by atoms with E-state index in [1.165, 1.54) is 4.70 Å². The van der Waals surface area contributed by atoms with E-state index in [1.807, 2.05) is 37.3 Å². The molecule has 0 bridgehead atoms. The van der Waals surface area contributed by atoms with Gasteiger partial charge in [-0.1, -0.05) is 30.0 Å². The Balaban J connectivity index is 1.65. The Labute approximate surface area is 140 Å². The highest BCUT2D eigenvalue weighted by Gasteiger charge is 2.08. The van der Waals surface area contributed by atoms with Gasteiger partial charge in [-0.25, -0.2) is 9.97 Å². The molecule has 0 saturated carbocycles. The molecule has 0 aliphatic carbocycles. The summed E-state index contributed by atoms with van der Waals surface area (Å²) in [4.78, 5) is 21.4. The Morgan fingerprint density at radius 1 is 1.17 bits per heavy atom. The molecule has 1 aromatic carbocycles. The molecule has 114 valence electrons. The first-order valence-corrected chi connectivity index (χ1v) is 8.97. The standard InChI is InChI=1S/C17H13N3OS2/c1-11-5-4-8-20-15(21)9-12(18-16(11)20)10-22-17-19-13-6-2-3-7-14(13)23-17/h2-9H,10H2,1H3. The number of thioether (sulfide) groups is 1. The van der Waals surface area contributed by atoms with Crippen molar-refractivity contribution in [3.63, 3.8) is 0 Å². The molecule has 0 aliphatic rings. The Morgan fingerprint density at radius 2 is 2.04 bits per heavy atom. The van der Waals surface area contributed by atoms with Crippen molar-refractivity contribution in [3.8, 4) is 0 Å². The molecule has 3 heterocycles. The second kappa shape index (κ2) is 5.79.